The molecule has 0 spiro atoms. The summed E-state index contributed by atoms with van der Waals surface area (Å²) in [4.78, 5) is 4.13. The molecule has 0 aliphatic heterocycles. The van der Waals surface area contributed by atoms with Crippen molar-refractivity contribution in [3.8, 4) is 0 Å². The van der Waals surface area contributed by atoms with Crippen molar-refractivity contribution in [3.05, 3.63) is 53.6 Å². The van der Waals surface area contributed by atoms with Gasteiger partial charge in [0.05, 0.1) is 24.3 Å². The van der Waals surface area contributed by atoms with E-state index in [0.717, 1.165) is 18.7 Å². The Balaban J connectivity index is 2.14. The maximum absolute atomic E-state index is 10.3. The Morgan fingerprint density at radius 1 is 1.33 bits per heavy atom. The summed E-state index contributed by atoms with van der Waals surface area (Å²) in [5.41, 5.74) is 3.31. The highest BCUT2D eigenvalue weighted by Gasteiger charge is 2.14. The Morgan fingerprint density at radius 2 is 2.11 bits per heavy atom. The van der Waals surface area contributed by atoms with Crippen molar-refractivity contribution >= 4 is 0 Å². The summed E-state index contributed by atoms with van der Waals surface area (Å²) in [6.45, 7) is 5.10. The Hall–Kier alpha value is -1.61. The summed E-state index contributed by atoms with van der Waals surface area (Å²) in [7, 11) is 0. The SMILES string of the molecule is CCCn1cncc1C(O)Cc1ccccc1C. The van der Waals surface area contributed by atoms with Crippen molar-refractivity contribution in [1.29, 1.82) is 0 Å². The van der Waals surface area contributed by atoms with Gasteiger partial charge in [-0.1, -0.05) is 31.2 Å². The molecular formula is C15H20N2O. The minimum atomic E-state index is -0.486. The van der Waals surface area contributed by atoms with Crippen LogP contribution in [0, 0.1) is 6.92 Å². The highest BCUT2D eigenvalue weighted by molar-refractivity contribution is 5.27. The molecule has 0 fully saturated rings. The molecule has 0 aliphatic carbocycles. The second kappa shape index (κ2) is 5.83. The fourth-order valence-electron chi connectivity index (χ4n) is 2.19. The maximum atomic E-state index is 10.3. The van der Waals surface area contributed by atoms with Crippen LogP contribution in [-0.4, -0.2) is 14.7 Å². The van der Waals surface area contributed by atoms with Gasteiger partial charge in [0, 0.05) is 13.0 Å². The van der Waals surface area contributed by atoms with E-state index in [1.807, 2.05) is 16.7 Å². The van der Waals surface area contributed by atoms with Gasteiger partial charge < -0.3 is 9.67 Å². The van der Waals surface area contributed by atoms with Crippen molar-refractivity contribution in [3.63, 3.8) is 0 Å². The van der Waals surface area contributed by atoms with Crippen LogP contribution in [-0.2, 0) is 13.0 Å². The van der Waals surface area contributed by atoms with Crippen LogP contribution in [0.15, 0.2) is 36.8 Å². The molecule has 1 aromatic heterocycles. The highest BCUT2D eigenvalue weighted by atomic mass is 16.3. The summed E-state index contributed by atoms with van der Waals surface area (Å²) in [5, 5.41) is 10.3. The lowest BCUT2D eigenvalue weighted by molar-refractivity contribution is 0.168. The molecule has 0 saturated carbocycles. The number of aliphatic hydroxyl groups excluding tert-OH is 1. The zero-order valence-corrected chi connectivity index (χ0v) is 11.0. The van der Waals surface area contributed by atoms with E-state index in [0.29, 0.717) is 6.42 Å². The molecule has 0 radical (unpaired) electrons. The van der Waals surface area contributed by atoms with E-state index >= 15 is 0 Å². The number of aryl methyl sites for hydroxylation is 2. The molecule has 1 aromatic carbocycles. The standard InChI is InChI=1S/C15H20N2O/c1-3-8-17-11-16-10-14(17)15(18)9-13-7-5-4-6-12(13)2/h4-7,10-11,15,18H,3,8-9H2,1-2H3. The van der Waals surface area contributed by atoms with Crippen LogP contribution < -0.4 is 0 Å². The molecule has 1 atom stereocenters. The molecule has 0 amide bonds. The number of aliphatic hydroxyl groups is 1. The predicted molar refractivity (Wildman–Crippen MR) is 72.4 cm³/mol. The smallest absolute Gasteiger partial charge is 0.0996 e. The first-order valence-electron chi connectivity index (χ1n) is 6.45. The molecule has 1 unspecified atom stereocenters. The van der Waals surface area contributed by atoms with Gasteiger partial charge in [-0.15, -0.1) is 0 Å². The van der Waals surface area contributed by atoms with E-state index in [2.05, 4.69) is 31.0 Å². The molecule has 0 aliphatic rings. The van der Waals surface area contributed by atoms with Crippen molar-refractivity contribution in [2.45, 2.75) is 39.3 Å². The van der Waals surface area contributed by atoms with Crippen LogP contribution in [0.5, 0.6) is 0 Å². The van der Waals surface area contributed by atoms with Gasteiger partial charge in [-0.05, 0) is 24.5 Å². The normalized spacial score (nSPS) is 12.6. The van der Waals surface area contributed by atoms with Crippen molar-refractivity contribution in [1.82, 2.24) is 9.55 Å². The third-order valence-electron chi connectivity index (χ3n) is 3.22. The lowest BCUT2D eigenvalue weighted by atomic mass is 10.0. The largest absolute Gasteiger partial charge is 0.386 e. The van der Waals surface area contributed by atoms with Crippen molar-refractivity contribution in [2.75, 3.05) is 0 Å². The summed E-state index contributed by atoms with van der Waals surface area (Å²) in [6.07, 6.45) is 4.75. The molecule has 0 bridgehead atoms. The zero-order valence-electron chi connectivity index (χ0n) is 11.0. The molecule has 2 aromatic rings. The predicted octanol–water partition coefficient (Wildman–Crippen LogP) is 2.88. The second-order valence-electron chi connectivity index (χ2n) is 4.66. The van der Waals surface area contributed by atoms with E-state index < -0.39 is 6.10 Å². The van der Waals surface area contributed by atoms with Crippen LogP contribution in [0.4, 0.5) is 0 Å². The van der Waals surface area contributed by atoms with Gasteiger partial charge in [0.1, 0.15) is 0 Å². The van der Waals surface area contributed by atoms with Crippen LogP contribution in [0.25, 0.3) is 0 Å². The van der Waals surface area contributed by atoms with E-state index in [1.165, 1.54) is 11.1 Å². The average Bonchev–Trinajstić information content (AvgIpc) is 2.81. The molecule has 1 N–H and O–H groups in total. The van der Waals surface area contributed by atoms with Crippen LogP contribution in [0.2, 0.25) is 0 Å². The molecule has 0 saturated heterocycles. The van der Waals surface area contributed by atoms with Crippen molar-refractivity contribution < 1.29 is 5.11 Å². The lowest BCUT2D eigenvalue weighted by Crippen LogP contribution is -2.09. The lowest BCUT2D eigenvalue weighted by Gasteiger charge is -2.14. The third kappa shape index (κ3) is 2.79. The van der Waals surface area contributed by atoms with Gasteiger partial charge in [0.15, 0.2) is 0 Å². The average molecular weight is 244 g/mol. The van der Waals surface area contributed by atoms with Gasteiger partial charge >= 0.3 is 0 Å². The van der Waals surface area contributed by atoms with Crippen LogP contribution >= 0.6 is 0 Å². The first-order valence-corrected chi connectivity index (χ1v) is 6.45. The molecule has 18 heavy (non-hydrogen) atoms. The fourth-order valence-corrected chi connectivity index (χ4v) is 2.19. The highest BCUT2D eigenvalue weighted by Crippen LogP contribution is 2.20. The topological polar surface area (TPSA) is 38.0 Å². The zero-order chi connectivity index (χ0) is 13.0. The van der Waals surface area contributed by atoms with Crippen LogP contribution in [0.3, 0.4) is 0 Å². The quantitative estimate of drug-likeness (QED) is 0.878. The summed E-state index contributed by atoms with van der Waals surface area (Å²) in [6, 6.07) is 8.18. The number of hydrogen-bond acceptors (Lipinski definition) is 2. The minimum absolute atomic E-state index is 0.486. The number of hydrogen-bond donors (Lipinski definition) is 1. The second-order valence-corrected chi connectivity index (χ2v) is 4.66. The summed E-state index contributed by atoms with van der Waals surface area (Å²) >= 11 is 0. The van der Waals surface area contributed by atoms with E-state index in [4.69, 9.17) is 0 Å². The minimum Gasteiger partial charge on any atom is -0.386 e. The van der Waals surface area contributed by atoms with Gasteiger partial charge in [0.25, 0.3) is 0 Å². The molecule has 3 heteroatoms. The number of rotatable bonds is 5. The van der Waals surface area contributed by atoms with Gasteiger partial charge in [-0.2, -0.15) is 0 Å². The number of imidazole rings is 1. The van der Waals surface area contributed by atoms with Gasteiger partial charge in [-0.3, -0.25) is 0 Å². The Bertz CT molecular complexity index is 505. The third-order valence-corrected chi connectivity index (χ3v) is 3.22. The number of nitrogens with zero attached hydrogens (tertiary/aromatic N) is 2. The van der Waals surface area contributed by atoms with E-state index in [9.17, 15) is 5.11 Å². The Morgan fingerprint density at radius 3 is 2.83 bits per heavy atom. The van der Waals surface area contributed by atoms with Gasteiger partial charge in [-0.25, -0.2) is 4.98 Å². The van der Waals surface area contributed by atoms with Gasteiger partial charge in [0.2, 0.25) is 0 Å². The number of aromatic nitrogens is 2. The molecule has 1 heterocycles. The summed E-state index contributed by atoms with van der Waals surface area (Å²) < 4.78 is 2.03. The Kier molecular flexibility index (Phi) is 4.15. The maximum Gasteiger partial charge on any atom is 0.0996 e. The monoisotopic (exact) mass is 244 g/mol. The first-order chi connectivity index (χ1) is 8.72. The molecule has 2 rings (SSSR count). The van der Waals surface area contributed by atoms with E-state index in [1.54, 1.807) is 12.5 Å². The number of benzene rings is 1. The fraction of sp³-hybridized carbons (Fsp3) is 0.400. The molecular weight excluding hydrogens is 224 g/mol. The molecule has 96 valence electrons. The van der Waals surface area contributed by atoms with Crippen molar-refractivity contribution in [2.24, 2.45) is 0 Å². The Labute approximate surface area is 108 Å². The van der Waals surface area contributed by atoms with E-state index in [-0.39, 0.29) is 0 Å². The first kappa shape index (κ1) is 12.8. The van der Waals surface area contributed by atoms with Crippen LogP contribution in [0.1, 0.15) is 36.3 Å². The molecule has 3 nitrogen and oxygen atoms in total. The summed E-state index contributed by atoms with van der Waals surface area (Å²) in [5.74, 6) is 0.